The molecule has 74 valence electrons. The molecule has 2 nitrogen and oxygen atoms in total. The van der Waals surface area contributed by atoms with Crippen LogP contribution in [0.1, 0.15) is 34.6 Å². The van der Waals surface area contributed by atoms with Crippen LogP contribution in [0.3, 0.4) is 0 Å². The Labute approximate surface area is 76.3 Å². The zero-order valence-electron chi connectivity index (χ0n) is 8.96. The molecule has 0 heterocycles. The zero-order valence-corrected chi connectivity index (χ0v) is 8.96. The van der Waals surface area contributed by atoms with Crippen LogP contribution >= 0.6 is 0 Å². The quantitative estimate of drug-likeness (QED) is 0.616. The van der Waals surface area contributed by atoms with Gasteiger partial charge in [-0.05, 0) is 26.7 Å². The van der Waals surface area contributed by atoms with E-state index in [0.29, 0.717) is 18.6 Å². The summed E-state index contributed by atoms with van der Waals surface area (Å²) >= 11 is 0. The Hall–Kier alpha value is -0.0800. The van der Waals surface area contributed by atoms with Crippen molar-refractivity contribution in [3.8, 4) is 0 Å². The first kappa shape index (κ1) is 11.9. The lowest BCUT2D eigenvalue weighted by molar-refractivity contribution is -0.0336. The molecule has 1 unspecified atom stereocenters. The van der Waals surface area contributed by atoms with E-state index in [1.807, 2.05) is 20.8 Å². The van der Waals surface area contributed by atoms with Gasteiger partial charge in [-0.25, -0.2) is 0 Å². The summed E-state index contributed by atoms with van der Waals surface area (Å²) < 4.78 is 10.9. The summed E-state index contributed by atoms with van der Waals surface area (Å²) in [6, 6.07) is 0. The van der Waals surface area contributed by atoms with Gasteiger partial charge in [0.25, 0.3) is 0 Å². The number of hydrogen-bond donors (Lipinski definition) is 0. The van der Waals surface area contributed by atoms with Crippen LogP contribution in [0.4, 0.5) is 0 Å². The summed E-state index contributed by atoms with van der Waals surface area (Å²) in [5.41, 5.74) is 0. The molecule has 0 rings (SSSR count). The van der Waals surface area contributed by atoms with E-state index in [4.69, 9.17) is 9.47 Å². The molecule has 0 saturated heterocycles. The lowest BCUT2D eigenvalue weighted by atomic mass is 10.2. The standard InChI is InChI=1S/C10H22O2/c1-8(2)6-12-10(5)7-11-9(3)4/h8-10H,6-7H2,1-5H3. The van der Waals surface area contributed by atoms with Gasteiger partial charge in [-0.15, -0.1) is 0 Å². The molecule has 0 aromatic heterocycles. The molecule has 0 bridgehead atoms. The first-order valence-electron chi connectivity index (χ1n) is 4.75. The molecule has 0 fully saturated rings. The second-order valence-electron chi connectivity index (χ2n) is 3.92. The number of ether oxygens (including phenoxy) is 2. The molecular formula is C10H22O2. The monoisotopic (exact) mass is 174 g/mol. The van der Waals surface area contributed by atoms with Gasteiger partial charge in [0, 0.05) is 6.61 Å². The van der Waals surface area contributed by atoms with Gasteiger partial charge in [-0.2, -0.15) is 0 Å². The van der Waals surface area contributed by atoms with Crippen molar-refractivity contribution in [2.45, 2.75) is 46.8 Å². The fourth-order valence-electron chi connectivity index (χ4n) is 0.733. The van der Waals surface area contributed by atoms with Crippen molar-refractivity contribution < 1.29 is 9.47 Å². The normalized spacial score (nSPS) is 14.2. The van der Waals surface area contributed by atoms with Crippen LogP contribution in [-0.4, -0.2) is 25.4 Å². The molecule has 12 heavy (non-hydrogen) atoms. The van der Waals surface area contributed by atoms with Crippen LogP contribution in [0.25, 0.3) is 0 Å². The Kier molecular flexibility index (Phi) is 6.39. The van der Waals surface area contributed by atoms with Crippen LogP contribution in [0.5, 0.6) is 0 Å². The highest BCUT2D eigenvalue weighted by Crippen LogP contribution is 1.99. The fourth-order valence-corrected chi connectivity index (χ4v) is 0.733. The van der Waals surface area contributed by atoms with Crippen molar-refractivity contribution in [1.82, 2.24) is 0 Å². The van der Waals surface area contributed by atoms with Crippen LogP contribution in [-0.2, 0) is 9.47 Å². The third-order valence-electron chi connectivity index (χ3n) is 1.38. The molecule has 0 aliphatic carbocycles. The lowest BCUT2D eigenvalue weighted by Crippen LogP contribution is -2.20. The van der Waals surface area contributed by atoms with Gasteiger partial charge in [0.05, 0.1) is 18.8 Å². The van der Waals surface area contributed by atoms with E-state index >= 15 is 0 Å². The van der Waals surface area contributed by atoms with E-state index in [1.165, 1.54) is 0 Å². The lowest BCUT2D eigenvalue weighted by Gasteiger charge is -2.16. The van der Waals surface area contributed by atoms with Gasteiger partial charge < -0.3 is 9.47 Å². The molecule has 0 aromatic rings. The van der Waals surface area contributed by atoms with Crippen molar-refractivity contribution in [2.24, 2.45) is 5.92 Å². The summed E-state index contributed by atoms with van der Waals surface area (Å²) in [7, 11) is 0. The Morgan fingerprint density at radius 2 is 1.42 bits per heavy atom. The van der Waals surface area contributed by atoms with Crippen LogP contribution in [0.2, 0.25) is 0 Å². The van der Waals surface area contributed by atoms with Gasteiger partial charge in [-0.1, -0.05) is 13.8 Å². The van der Waals surface area contributed by atoms with Gasteiger partial charge >= 0.3 is 0 Å². The first-order valence-corrected chi connectivity index (χ1v) is 4.75. The largest absolute Gasteiger partial charge is 0.376 e. The zero-order chi connectivity index (χ0) is 9.56. The van der Waals surface area contributed by atoms with E-state index in [2.05, 4.69) is 13.8 Å². The summed E-state index contributed by atoms with van der Waals surface area (Å²) in [6.07, 6.45) is 0.518. The molecule has 0 N–H and O–H groups in total. The summed E-state index contributed by atoms with van der Waals surface area (Å²) in [4.78, 5) is 0. The molecular weight excluding hydrogens is 152 g/mol. The van der Waals surface area contributed by atoms with Crippen molar-refractivity contribution in [2.75, 3.05) is 13.2 Å². The molecule has 0 aliphatic rings. The molecule has 0 aromatic carbocycles. The van der Waals surface area contributed by atoms with E-state index in [1.54, 1.807) is 0 Å². The Morgan fingerprint density at radius 3 is 1.83 bits per heavy atom. The van der Waals surface area contributed by atoms with Gasteiger partial charge in [0.2, 0.25) is 0 Å². The first-order chi connectivity index (χ1) is 5.52. The summed E-state index contributed by atoms with van der Waals surface area (Å²) in [5, 5.41) is 0. The summed E-state index contributed by atoms with van der Waals surface area (Å²) in [5.74, 6) is 0.603. The summed E-state index contributed by atoms with van der Waals surface area (Å²) in [6.45, 7) is 11.9. The van der Waals surface area contributed by atoms with Gasteiger partial charge in [0.1, 0.15) is 0 Å². The van der Waals surface area contributed by atoms with Crippen LogP contribution in [0, 0.1) is 5.92 Å². The molecule has 0 radical (unpaired) electrons. The molecule has 1 atom stereocenters. The van der Waals surface area contributed by atoms with Gasteiger partial charge in [-0.3, -0.25) is 0 Å². The number of rotatable bonds is 6. The third kappa shape index (κ3) is 8.02. The molecule has 2 heteroatoms. The molecule has 0 spiro atoms. The average Bonchev–Trinajstić information content (AvgIpc) is 1.96. The molecule has 0 aliphatic heterocycles. The van der Waals surface area contributed by atoms with Crippen molar-refractivity contribution >= 4 is 0 Å². The highest BCUT2D eigenvalue weighted by atomic mass is 16.5. The van der Waals surface area contributed by atoms with Crippen molar-refractivity contribution in [3.63, 3.8) is 0 Å². The minimum atomic E-state index is 0.217. The third-order valence-corrected chi connectivity index (χ3v) is 1.38. The topological polar surface area (TPSA) is 18.5 Å². The Morgan fingerprint density at radius 1 is 0.833 bits per heavy atom. The maximum absolute atomic E-state index is 5.53. The maximum Gasteiger partial charge on any atom is 0.0780 e. The van der Waals surface area contributed by atoms with E-state index in [9.17, 15) is 0 Å². The Bertz CT molecular complexity index is 88.0. The smallest absolute Gasteiger partial charge is 0.0780 e. The fraction of sp³-hybridized carbons (Fsp3) is 1.00. The highest BCUT2D eigenvalue weighted by molar-refractivity contribution is 4.50. The maximum atomic E-state index is 5.53. The van der Waals surface area contributed by atoms with Crippen molar-refractivity contribution in [3.05, 3.63) is 0 Å². The number of hydrogen-bond acceptors (Lipinski definition) is 2. The second-order valence-corrected chi connectivity index (χ2v) is 3.92. The molecule has 0 saturated carbocycles. The predicted octanol–water partition coefficient (Wildman–Crippen LogP) is 2.47. The van der Waals surface area contributed by atoms with E-state index < -0.39 is 0 Å². The molecule has 0 amide bonds. The van der Waals surface area contributed by atoms with Crippen LogP contribution in [0.15, 0.2) is 0 Å². The highest BCUT2D eigenvalue weighted by Gasteiger charge is 2.04. The minimum absolute atomic E-state index is 0.217. The minimum Gasteiger partial charge on any atom is -0.376 e. The SMILES string of the molecule is CC(C)COC(C)COC(C)C. The van der Waals surface area contributed by atoms with Crippen LogP contribution < -0.4 is 0 Å². The predicted molar refractivity (Wildman–Crippen MR) is 51.3 cm³/mol. The van der Waals surface area contributed by atoms with E-state index in [-0.39, 0.29) is 6.10 Å². The van der Waals surface area contributed by atoms with Crippen molar-refractivity contribution in [1.29, 1.82) is 0 Å². The Balaban J connectivity index is 3.27. The van der Waals surface area contributed by atoms with E-state index in [0.717, 1.165) is 6.61 Å². The second kappa shape index (κ2) is 6.44. The van der Waals surface area contributed by atoms with Gasteiger partial charge in [0.15, 0.2) is 0 Å². The average molecular weight is 174 g/mol.